The Balaban J connectivity index is 5.56. The highest BCUT2D eigenvalue weighted by Gasteiger charge is 2.35. The van der Waals surface area contributed by atoms with Gasteiger partial charge in [-0.3, -0.25) is 28.8 Å². The lowest BCUT2D eigenvalue weighted by atomic mass is 10.2. The summed E-state index contributed by atoms with van der Waals surface area (Å²) in [5.41, 5.74) is 0. The van der Waals surface area contributed by atoms with Crippen LogP contribution in [-0.2, 0) is 28.8 Å². The largest absolute Gasteiger partial charge is 0.481 e. The number of hydrogen-bond acceptors (Lipinski definition) is 6. The topological polar surface area (TPSA) is 149 Å². The first-order chi connectivity index (χ1) is 11.1. The molecule has 0 bridgehead atoms. The lowest BCUT2D eigenvalue weighted by Crippen LogP contribution is -2.56. The molecule has 0 saturated carbocycles. The molecule has 4 amide bonds. The van der Waals surface area contributed by atoms with Crippen LogP contribution in [0.25, 0.3) is 0 Å². The van der Waals surface area contributed by atoms with E-state index in [-0.39, 0.29) is 8.86 Å². The summed E-state index contributed by atoms with van der Waals surface area (Å²) in [6, 6.07) is 0. The lowest BCUT2D eigenvalue weighted by Gasteiger charge is -2.30. The summed E-state index contributed by atoms with van der Waals surface area (Å²) in [7, 11) is 0. The summed E-state index contributed by atoms with van der Waals surface area (Å²) in [4.78, 5) is 69.4. The van der Waals surface area contributed by atoms with Crippen molar-refractivity contribution in [1.29, 1.82) is 0 Å². The molecule has 0 aromatic rings. The van der Waals surface area contributed by atoms with Gasteiger partial charge in [-0.2, -0.15) is 10.0 Å². The van der Waals surface area contributed by atoms with E-state index in [1.807, 2.05) is 0 Å². The molecule has 0 atom stereocenters. The minimum Gasteiger partial charge on any atom is -0.481 e. The zero-order valence-corrected chi connectivity index (χ0v) is 16.6. The first kappa shape index (κ1) is 22.7. The van der Waals surface area contributed by atoms with Gasteiger partial charge in [-0.05, 0) is 0 Å². The Labute approximate surface area is 163 Å². The van der Waals surface area contributed by atoms with Crippen LogP contribution in [0.3, 0.4) is 0 Å². The fourth-order valence-electron chi connectivity index (χ4n) is 1.48. The molecule has 12 heteroatoms. The van der Waals surface area contributed by atoms with Crippen LogP contribution in [0.15, 0.2) is 0 Å². The minimum atomic E-state index is -1.28. The van der Waals surface area contributed by atoms with Gasteiger partial charge in [0.1, 0.15) is 0 Å². The van der Waals surface area contributed by atoms with Crippen LogP contribution in [0.4, 0.5) is 0 Å². The van der Waals surface area contributed by atoms with Crippen LogP contribution >= 0.6 is 45.2 Å². The second-order valence-electron chi connectivity index (χ2n) is 4.25. The highest BCUT2D eigenvalue weighted by Crippen LogP contribution is 2.11. The second-order valence-corrected chi connectivity index (χ2v) is 5.78. The van der Waals surface area contributed by atoms with Crippen LogP contribution in [0, 0.1) is 0 Å². The van der Waals surface area contributed by atoms with Gasteiger partial charge in [-0.1, -0.05) is 45.2 Å². The van der Waals surface area contributed by atoms with Crippen molar-refractivity contribution in [2.45, 2.75) is 25.7 Å². The number of aliphatic carboxylic acids is 2. The number of hydrogen-bond donors (Lipinski definition) is 2. The van der Waals surface area contributed by atoms with Crippen molar-refractivity contribution in [3.63, 3.8) is 0 Å². The number of nitrogens with zero attached hydrogens (tertiary/aromatic N) is 2. The standard InChI is InChI=1S/C12H14I2N2O8/c13-5-9(19)15(7(17)1-3-11(21)22)16(10(20)6-14)8(18)2-4-12(23)24/h1-6H2,(H,21,22)(H,23,24). The molecule has 0 fully saturated rings. The van der Waals surface area contributed by atoms with Gasteiger partial charge >= 0.3 is 11.9 Å². The van der Waals surface area contributed by atoms with Gasteiger partial charge in [-0.25, -0.2) is 0 Å². The van der Waals surface area contributed by atoms with E-state index in [0.29, 0.717) is 10.0 Å². The van der Waals surface area contributed by atoms with E-state index < -0.39 is 61.3 Å². The summed E-state index contributed by atoms with van der Waals surface area (Å²) < 4.78 is -0.485. The molecular weight excluding hydrogens is 554 g/mol. The van der Waals surface area contributed by atoms with Gasteiger partial charge in [-0.15, -0.1) is 0 Å². The van der Waals surface area contributed by atoms with Crippen LogP contribution in [-0.4, -0.2) is 64.7 Å². The number of carboxylic acid groups (broad SMARTS) is 2. The molecule has 0 aliphatic rings. The lowest BCUT2D eigenvalue weighted by molar-refractivity contribution is -0.178. The number of imide groups is 2. The zero-order valence-electron chi connectivity index (χ0n) is 12.2. The first-order valence-electron chi connectivity index (χ1n) is 6.42. The molecule has 134 valence electrons. The van der Waals surface area contributed by atoms with E-state index >= 15 is 0 Å². The molecule has 2 N–H and O–H groups in total. The van der Waals surface area contributed by atoms with E-state index in [0.717, 1.165) is 0 Å². The maximum atomic E-state index is 12.1. The zero-order chi connectivity index (χ0) is 18.9. The number of hydrazine groups is 1. The summed E-state index contributed by atoms with van der Waals surface area (Å²) in [6.45, 7) is 0. The number of carbonyl (C=O) groups excluding carboxylic acids is 4. The van der Waals surface area contributed by atoms with Crippen LogP contribution in [0.5, 0.6) is 0 Å². The monoisotopic (exact) mass is 568 g/mol. The van der Waals surface area contributed by atoms with Gasteiger partial charge in [0.2, 0.25) is 11.8 Å². The Morgan fingerprint density at radius 1 is 0.583 bits per heavy atom. The van der Waals surface area contributed by atoms with E-state index in [2.05, 4.69) is 0 Å². The van der Waals surface area contributed by atoms with E-state index in [1.165, 1.54) is 0 Å². The van der Waals surface area contributed by atoms with Crippen molar-refractivity contribution in [3.05, 3.63) is 0 Å². The maximum Gasteiger partial charge on any atom is 0.303 e. The van der Waals surface area contributed by atoms with E-state index in [1.54, 1.807) is 45.2 Å². The van der Waals surface area contributed by atoms with Crippen molar-refractivity contribution in [2.75, 3.05) is 8.86 Å². The molecule has 0 radical (unpaired) electrons. The van der Waals surface area contributed by atoms with Crippen molar-refractivity contribution < 1.29 is 39.0 Å². The Bertz CT molecular complexity index is 503. The third-order valence-corrected chi connectivity index (χ3v) is 3.78. The third-order valence-electron chi connectivity index (χ3n) is 2.48. The van der Waals surface area contributed by atoms with Crippen LogP contribution < -0.4 is 0 Å². The maximum absolute atomic E-state index is 12.1. The van der Waals surface area contributed by atoms with Crippen molar-refractivity contribution in [1.82, 2.24) is 10.0 Å². The molecule has 0 heterocycles. The molecule has 0 aliphatic heterocycles. The number of rotatable bonds is 8. The van der Waals surface area contributed by atoms with Gasteiger partial charge in [0, 0.05) is 12.8 Å². The number of carboxylic acids is 2. The van der Waals surface area contributed by atoms with Gasteiger partial charge in [0.05, 0.1) is 21.7 Å². The SMILES string of the molecule is O=C(O)CCC(=O)N(C(=O)CI)N(C(=O)CI)C(=O)CCC(=O)O. The molecule has 0 saturated heterocycles. The van der Waals surface area contributed by atoms with E-state index in [4.69, 9.17) is 10.2 Å². The second kappa shape index (κ2) is 11.3. The van der Waals surface area contributed by atoms with Crippen molar-refractivity contribution in [2.24, 2.45) is 0 Å². The van der Waals surface area contributed by atoms with Gasteiger partial charge < -0.3 is 10.2 Å². The summed E-state index contributed by atoms with van der Waals surface area (Å²) in [5.74, 6) is -6.38. The predicted molar refractivity (Wildman–Crippen MR) is 95.2 cm³/mol. The summed E-state index contributed by atoms with van der Waals surface area (Å²) in [5, 5.41) is 17.8. The van der Waals surface area contributed by atoms with E-state index in [9.17, 15) is 28.8 Å². The Kier molecular flexibility index (Phi) is 10.7. The number of halogens is 2. The predicted octanol–water partition coefficient (Wildman–Crippen LogP) is 0.211. The molecule has 0 aromatic heterocycles. The fourth-order valence-corrected chi connectivity index (χ4v) is 2.12. The summed E-state index contributed by atoms with van der Waals surface area (Å²) in [6.07, 6.45) is -2.34. The smallest absolute Gasteiger partial charge is 0.303 e. The molecule has 0 aromatic carbocycles. The Morgan fingerprint density at radius 2 is 0.875 bits per heavy atom. The molecular formula is C12H14I2N2O8. The van der Waals surface area contributed by atoms with Crippen molar-refractivity contribution in [3.8, 4) is 0 Å². The third kappa shape index (κ3) is 7.50. The number of alkyl halides is 2. The summed E-state index contributed by atoms with van der Waals surface area (Å²) >= 11 is 3.25. The van der Waals surface area contributed by atoms with Crippen LogP contribution in [0.2, 0.25) is 0 Å². The highest BCUT2D eigenvalue weighted by atomic mass is 127. The fraction of sp³-hybridized carbons (Fsp3) is 0.500. The molecule has 10 nitrogen and oxygen atoms in total. The highest BCUT2D eigenvalue weighted by molar-refractivity contribution is 14.1. The Hall–Kier alpha value is -1.32. The average molecular weight is 568 g/mol. The average Bonchev–Trinajstić information content (AvgIpc) is 2.53. The molecule has 0 aliphatic carbocycles. The Morgan fingerprint density at radius 3 is 1.08 bits per heavy atom. The minimum absolute atomic E-state index is 0.242. The number of amides is 4. The van der Waals surface area contributed by atoms with Gasteiger partial charge in [0.15, 0.2) is 0 Å². The molecule has 0 rings (SSSR count). The first-order valence-corrected chi connectivity index (χ1v) is 9.47. The van der Waals surface area contributed by atoms with Crippen molar-refractivity contribution >= 4 is 80.7 Å². The molecule has 24 heavy (non-hydrogen) atoms. The normalized spacial score (nSPS) is 9.92. The molecule has 0 spiro atoms. The molecule has 0 unspecified atom stereocenters. The van der Waals surface area contributed by atoms with Gasteiger partial charge in [0.25, 0.3) is 11.8 Å². The van der Waals surface area contributed by atoms with Crippen LogP contribution in [0.1, 0.15) is 25.7 Å². The quantitative estimate of drug-likeness (QED) is 0.240. The number of carbonyl (C=O) groups is 6.